The summed E-state index contributed by atoms with van der Waals surface area (Å²) in [6, 6.07) is 14.6. The van der Waals surface area contributed by atoms with Gasteiger partial charge in [0.15, 0.2) is 12.0 Å². The number of fused-ring (bicyclic) bond motifs is 1. The summed E-state index contributed by atoms with van der Waals surface area (Å²) in [7, 11) is 0. The molecular formula is C14H12ClN3O. The van der Waals surface area contributed by atoms with Gasteiger partial charge in [0.25, 0.3) is 0 Å². The molecule has 2 aromatic rings. The minimum atomic E-state index is -0.486. The highest BCUT2D eigenvalue weighted by Gasteiger charge is 2.29. The van der Waals surface area contributed by atoms with E-state index in [4.69, 9.17) is 17.0 Å². The predicted molar refractivity (Wildman–Crippen MR) is 74.7 cm³/mol. The van der Waals surface area contributed by atoms with E-state index in [2.05, 4.69) is 5.32 Å². The normalized spacial score (nSPS) is 17.9. The van der Waals surface area contributed by atoms with E-state index in [0.717, 1.165) is 16.3 Å². The zero-order valence-electron chi connectivity index (χ0n) is 9.97. The van der Waals surface area contributed by atoms with Crippen molar-refractivity contribution >= 4 is 23.1 Å². The Kier molecular flexibility index (Phi) is 2.89. The number of hydrogen-bond acceptors (Lipinski definition) is 3. The zero-order valence-corrected chi connectivity index (χ0v) is 10.7. The van der Waals surface area contributed by atoms with Crippen molar-refractivity contribution in [3.8, 4) is 0 Å². The Labute approximate surface area is 115 Å². The van der Waals surface area contributed by atoms with Gasteiger partial charge in [-0.2, -0.15) is 0 Å². The summed E-state index contributed by atoms with van der Waals surface area (Å²) in [4.78, 5) is 0. The standard InChI is InChI=1S/C14H12ClN3O/c15-10-7-5-9(6-8-10)14-17-12-4-2-1-3-11(12)13(16)18(14)19/h1-8,14,16-17,19H. The fourth-order valence-corrected chi connectivity index (χ4v) is 2.27. The van der Waals surface area contributed by atoms with Crippen molar-refractivity contribution in [2.45, 2.75) is 6.17 Å². The van der Waals surface area contributed by atoms with Gasteiger partial charge >= 0.3 is 0 Å². The second-order valence-electron chi connectivity index (χ2n) is 4.34. The molecule has 5 heteroatoms. The van der Waals surface area contributed by atoms with E-state index in [1.165, 1.54) is 0 Å². The van der Waals surface area contributed by atoms with Crippen molar-refractivity contribution in [2.24, 2.45) is 0 Å². The van der Waals surface area contributed by atoms with Crippen LogP contribution in [0.2, 0.25) is 5.02 Å². The number of amidine groups is 1. The molecule has 19 heavy (non-hydrogen) atoms. The number of nitrogens with one attached hydrogen (secondary N) is 2. The molecule has 3 N–H and O–H groups in total. The van der Waals surface area contributed by atoms with Crippen molar-refractivity contribution in [1.82, 2.24) is 5.06 Å². The van der Waals surface area contributed by atoms with E-state index in [1.54, 1.807) is 18.2 Å². The number of hydrogen-bond donors (Lipinski definition) is 3. The highest BCUT2D eigenvalue weighted by atomic mass is 35.5. The van der Waals surface area contributed by atoms with E-state index in [0.29, 0.717) is 10.6 Å². The van der Waals surface area contributed by atoms with Crippen LogP contribution in [0, 0.1) is 5.41 Å². The second-order valence-corrected chi connectivity index (χ2v) is 4.77. The van der Waals surface area contributed by atoms with Gasteiger partial charge in [-0.25, -0.2) is 5.06 Å². The van der Waals surface area contributed by atoms with Crippen molar-refractivity contribution in [1.29, 1.82) is 5.41 Å². The van der Waals surface area contributed by atoms with Gasteiger partial charge in [-0.05, 0) is 29.8 Å². The molecule has 0 saturated carbocycles. The van der Waals surface area contributed by atoms with Gasteiger partial charge in [0.2, 0.25) is 0 Å². The average molecular weight is 274 g/mol. The average Bonchev–Trinajstić information content (AvgIpc) is 2.44. The molecule has 1 aliphatic heterocycles. The smallest absolute Gasteiger partial charge is 0.157 e. The molecule has 0 bridgehead atoms. The Hall–Kier alpha value is -2.04. The van der Waals surface area contributed by atoms with E-state index in [1.807, 2.05) is 30.3 Å². The molecule has 1 aliphatic rings. The Bertz CT molecular complexity index is 627. The minimum Gasteiger partial charge on any atom is -0.359 e. The molecule has 0 radical (unpaired) electrons. The number of rotatable bonds is 1. The molecule has 0 saturated heterocycles. The highest BCUT2D eigenvalue weighted by Crippen LogP contribution is 2.31. The SMILES string of the molecule is N=C1c2ccccc2NC(c2ccc(Cl)cc2)N1O. The molecule has 0 spiro atoms. The molecule has 1 atom stereocenters. The van der Waals surface area contributed by atoms with Gasteiger partial charge in [-0.3, -0.25) is 10.6 Å². The molecule has 0 aliphatic carbocycles. The Morgan fingerprint density at radius 3 is 2.53 bits per heavy atom. The maximum atomic E-state index is 10.1. The van der Waals surface area contributed by atoms with Crippen molar-refractivity contribution in [3.63, 3.8) is 0 Å². The lowest BCUT2D eigenvalue weighted by Crippen LogP contribution is -2.40. The summed E-state index contributed by atoms with van der Waals surface area (Å²) in [5.41, 5.74) is 2.35. The first-order valence-electron chi connectivity index (χ1n) is 5.85. The third kappa shape index (κ3) is 2.05. The van der Waals surface area contributed by atoms with Crippen LogP contribution in [-0.4, -0.2) is 16.1 Å². The number of benzene rings is 2. The fraction of sp³-hybridized carbons (Fsp3) is 0.0714. The molecule has 0 aromatic heterocycles. The zero-order chi connectivity index (χ0) is 13.4. The largest absolute Gasteiger partial charge is 0.359 e. The number of hydroxylamine groups is 2. The summed E-state index contributed by atoms with van der Waals surface area (Å²) >= 11 is 5.86. The van der Waals surface area contributed by atoms with Crippen LogP contribution in [-0.2, 0) is 0 Å². The van der Waals surface area contributed by atoms with Gasteiger partial charge in [0.1, 0.15) is 0 Å². The molecule has 0 amide bonds. The summed E-state index contributed by atoms with van der Waals surface area (Å²) in [6.07, 6.45) is -0.486. The van der Waals surface area contributed by atoms with Crippen LogP contribution < -0.4 is 5.32 Å². The highest BCUT2D eigenvalue weighted by molar-refractivity contribution is 6.30. The van der Waals surface area contributed by atoms with Crippen LogP contribution in [0.3, 0.4) is 0 Å². The summed E-state index contributed by atoms with van der Waals surface area (Å²) in [5.74, 6) is 0.0781. The predicted octanol–water partition coefficient (Wildman–Crippen LogP) is 3.48. The van der Waals surface area contributed by atoms with Crippen LogP contribution in [0.1, 0.15) is 17.3 Å². The molecule has 4 nitrogen and oxygen atoms in total. The quantitative estimate of drug-likeness (QED) is 0.745. The lowest BCUT2D eigenvalue weighted by Gasteiger charge is -2.35. The van der Waals surface area contributed by atoms with E-state index >= 15 is 0 Å². The molecule has 96 valence electrons. The molecular weight excluding hydrogens is 262 g/mol. The number of halogens is 1. The Morgan fingerprint density at radius 1 is 1.11 bits per heavy atom. The first kappa shape index (κ1) is 12.0. The summed E-state index contributed by atoms with van der Waals surface area (Å²) in [5, 5.41) is 22.9. The van der Waals surface area contributed by atoms with Gasteiger partial charge < -0.3 is 5.32 Å². The molecule has 3 rings (SSSR count). The first-order chi connectivity index (χ1) is 9.16. The number of anilines is 1. The molecule has 1 unspecified atom stereocenters. The second kappa shape index (κ2) is 4.57. The molecule has 1 heterocycles. The van der Waals surface area contributed by atoms with Crippen LogP contribution in [0.4, 0.5) is 5.69 Å². The summed E-state index contributed by atoms with van der Waals surface area (Å²) < 4.78 is 0. The monoisotopic (exact) mass is 273 g/mol. The first-order valence-corrected chi connectivity index (χ1v) is 6.22. The van der Waals surface area contributed by atoms with Crippen LogP contribution in [0.5, 0.6) is 0 Å². The lowest BCUT2D eigenvalue weighted by atomic mass is 10.1. The maximum absolute atomic E-state index is 10.1. The van der Waals surface area contributed by atoms with Crippen LogP contribution in [0.25, 0.3) is 0 Å². The number of para-hydroxylation sites is 1. The van der Waals surface area contributed by atoms with E-state index in [9.17, 15) is 5.21 Å². The van der Waals surface area contributed by atoms with Gasteiger partial charge in [-0.1, -0.05) is 35.9 Å². The molecule has 2 aromatic carbocycles. The topological polar surface area (TPSA) is 59.4 Å². The van der Waals surface area contributed by atoms with E-state index < -0.39 is 6.17 Å². The fourth-order valence-electron chi connectivity index (χ4n) is 2.15. The maximum Gasteiger partial charge on any atom is 0.157 e. The Balaban J connectivity index is 2.01. The van der Waals surface area contributed by atoms with Crippen molar-refractivity contribution in [2.75, 3.05) is 5.32 Å². The van der Waals surface area contributed by atoms with Crippen LogP contribution in [0.15, 0.2) is 48.5 Å². The van der Waals surface area contributed by atoms with Gasteiger partial charge in [0, 0.05) is 16.3 Å². The van der Waals surface area contributed by atoms with Crippen molar-refractivity contribution in [3.05, 3.63) is 64.7 Å². The lowest BCUT2D eigenvalue weighted by molar-refractivity contribution is -0.0481. The van der Waals surface area contributed by atoms with Crippen molar-refractivity contribution < 1.29 is 5.21 Å². The number of nitrogens with zero attached hydrogens (tertiary/aromatic N) is 1. The third-order valence-electron chi connectivity index (χ3n) is 3.13. The third-order valence-corrected chi connectivity index (χ3v) is 3.39. The summed E-state index contributed by atoms with van der Waals surface area (Å²) in [6.45, 7) is 0. The van der Waals surface area contributed by atoms with E-state index in [-0.39, 0.29) is 5.84 Å². The van der Waals surface area contributed by atoms with Crippen LogP contribution >= 0.6 is 11.6 Å². The molecule has 0 fully saturated rings. The van der Waals surface area contributed by atoms with Gasteiger partial charge in [-0.15, -0.1) is 0 Å². The van der Waals surface area contributed by atoms with Gasteiger partial charge in [0.05, 0.1) is 0 Å². The minimum absolute atomic E-state index is 0.0781. The Morgan fingerprint density at radius 2 is 1.79 bits per heavy atom.